The Balaban J connectivity index is 2.17. The molecule has 1 heterocycles. The van der Waals surface area contributed by atoms with Crippen LogP contribution in [-0.2, 0) is 17.8 Å². The van der Waals surface area contributed by atoms with Crippen molar-refractivity contribution in [3.05, 3.63) is 16.1 Å². The van der Waals surface area contributed by atoms with E-state index in [9.17, 15) is 4.79 Å². The average Bonchev–Trinajstić information content (AvgIpc) is 2.70. The van der Waals surface area contributed by atoms with E-state index in [0.29, 0.717) is 13.0 Å². The number of aryl methyl sites for hydroxylation is 1. The number of rotatable bonds is 6. The summed E-state index contributed by atoms with van der Waals surface area (Å²) in [7, 11) is 0. The summed E-state index contributed by atoms with van der Waals surface area (Å²) in [5.41, 5.74) is 0.912. The predicted octanol–water partition coefficient (Wildman–Crippen LogP) is 2.10. The lowest BCUT2D eigenvalue weighted by molar-refractivity contribution is -0.122. The van der Waals surface area contributed by atoms with Gasteiger partial charge in [-0.2, -0.15) is 0 Å². The van der Waals surface area contributed by atoms with E-state index in [1.165, 1.54) is 0 Å². The number of hydrogen-bond donors (Lipinski definition) is 2. The third-order valence-electron chi connectivity index (χ3n) is 2.25. The van der Waals surface area contributed by atoms with Gasteiger partial charge in [-0.25, -0.2) is 4.98 Å². The lowest BCUT2D eigenvalue weighted by atomic mass is 10.1. The molecule has 0 atom stereocenters. The number of hydrogen-bond acceptors (Lipinski definition) is 4. The molecule has 0 fully saturated rings. The molecule has 2 N–H and O–H groups in total. The highest BCUT2D eigenvalue weighted by Gasteiger charge is 2.12. The maximum absolute atomic E-state index is 11.6. The lowest BCUT2D eigenvalue weighted by Crippen LogP contribution is -2.41. The molecular formula is C13H23N3OS. The fraction of sp³-hybridized carbons (Fsp3) is 0.692. The number of carbonyl (C=O) groups is 1. The van der Waals surface area contributed by atoms with Crippen LogP contribution < -0.4 is 10.6 Å². The van der Waals surface area contributed by atoms with Crippen LogP contribution in [0.2, 0.25) is 0 Å². The minimum absolute atomic E-state index is 0.0857. The molecule has 1 aromatic rings. The number of aromatic nitrogens is 1. The van der Waals surface area contributed by atoms with Crippen molar-refractivity contribution in [1.29, 1.82) is 0 Å². The molecule has 18 heavy (non-hydrogen) atoms. The number of carbonyl (C=O) groups excluding carboxylic acids is 1. The van der Waals surface area contributed by atoms with Crippen LogP contribution in [0.4, 0.5) is 0 Å². The van der Waals surface area contributed by atoms with Crippen molar-refractivity contribution in [2.45, 2.75) is 52.6 Å². The molecule has 0 bridgehead atoms. The fourth-order valence-corrected chi connectivity index (χ4v) is 2.24. The molecule has 4 nitrogen and oxygen atoms in total. The van der Waals surface area contributed by atoms with Crippen LogP contribution in [-0.4, -0.2) is 23.0 Å². The highest BCUT2D eigenvalue weighted by molar-refractivity contribution is 7.09. The molecule has 102 valence electrons. The van der Waals surface area contributed by atoms with Gasteiger partial charge in [0.2, 0.25) is 5.91 Å². The monoisotopic (exact) mass is 269 g/mol. The van der Waals surface area contributed by atoms with Crippen molar-refractivity contribution >= 4 is 17.2 Å². The van der Waals surface area contributed by atoms with Gasteiger partial charge in [0.1, 0.15) is 0 Å². The Morgan fingerprint density at radius 2 is 2.17 bits per heavy atom. The molecule has 5 heteroatoms. The van der Waals surface area contributed by atoms with Crippen LogP contribution in [0.1, 0.15) is 44.8 Å². The fourth-order valence-electron chi connectivity index (χ4n) is 1.49. The first kappa shape index (κ1) is 15.1. The van der Waals surface area contributed by atoms with Gasteiger partial charge in [0.05, 0.1) is 10.7 Å². The summed E-state index contributed by atoms with van der Waals surface area (Å²) in [6.07, 6.45) is 1.49. The maximum atomic E-state index is 11.6. The summed E-state index contributed by atoms with van der Waals surface area (Å²) in [6.45, 7) is 9.48. The molecule has 0 unspecified atom stereocenters. The molecule has 0 aliphatic heterocycles. The van der Waals surface area contributed by atoms with Crippen molar-refractivity contribution in [3.63, 3.8) is 0 Å². The molecule has 1 aromatic heterocycles. The highest BCUT2D eigenvalue weighted by atomic mass is 32.1. The van der Waals surface area contributed by atoms with Gasteiger partial charge in [0.15, 0.2) is 0 Å². The van der Waals surface area contributed by atoms with Gasteiger partial charge in [-0.15, -0.1) is 11.3 Å². The van der Waals surface area contributed by atoms with E-state index in [1.807, 2.05) is 20.8 Å². The normalized spacial score (nSPS) is 11.6. The van der Waals surface area contributed by atoms with E-state index in [1.54, 1.807) is 11.3 Å². The van der Waals surface area contributed by atoms with E-state index in [-0.39, 0.29) is 11.4 Å². The molecule has 1 amide bonds. The van der Waals surface area contributed by atoms with Gasteiger partial charge < -0.3 is 10.6 Å². The van der Waals surface area contributed by atoms with Crippen molar-refractivity contribution in [1.82, 2.24) is 15.6 Å². The first-order valence-corrected chi connectivity index (χ1v) is 7.23. The number of nitrogens with zero attached hydrogens (tertiary/aromatic N) is 1. The Bertz CT molecular complexity index is 382. The zero-order chi connectivity index (χ0) is 13.6. The van der Waals surface area contributed by atoms with Crippen LogP contribution in [0, 0.1) is 0 Å². The molecule has 0 aromatic carbocycles. The van der Waals surface area contributed by atoms with Crippen LogP contribution in [0.5, 0.6) is 0 Å². The molecule has 0 aliphatic rings. The summed E-state index contributed by atoms with van der Waals surface area (Å²) in [4.78, 5) is 16.0. The largest absolute Gasteiger partial charge is 0.351 e. The standard InChI is InChI=1S/C13H23N3OS/c1-5-12-15-10(9-18-12)8-14-7-6-11(17)16-13(2,3)4/h9,14H,5-8H2,1-4H3,(H,16,17). The summed E-state index contributed by atoms with van der Waals surface area (Å²) < 4.78 is 0. The van der Waals surface area contributed by atoms with E-state index < -0.39 is 0 Å². The first-order chi connectivity index (χ1) is 8.40. The van der Waals surface area contributed by atoms with E-state index in [2.05, 4.69) is 27.9 Å². The van der Waals surface area contributed by atoms with E-state index in [0.717, 1.165) is 23.7 Å². The van der Waals surface area contributed by atoms with Gasteiger partial charge in [-0.3, -0.25) is 4.79 Å². The SMILES string of the molecule is CCc1nc(CNCCC(=O)NC(C)(C)C)cs1. The number of nitrogens with one attached hydrogen (secondary N) is 2. The Morgan fingerprint density at radius 1 is 1.44 bits per heavy atom. The summed E-state index contributed by atoms with van der Waals surface area (Å²) in [6, 6.07) is 0. The molecule has 1 rings (SSSR count). The van der Waals surface area contributed by atoms with Crippen LogP contribution in [0.3, 0.4) is 0 Å². The smallest absolute Gasteiger partial charge is 0.221 e. The third-order valence-corrected chi connectivity index (χ3v) is 3.29. The Morgan fingerprint density at radius 3 is 2.72 bits per heavy atom. The first-order valence-electron chi connectivity index (χ1n) is 6.35. The van der Waals surface area contributed by atoms with Crippen molar-refractivity contribution < 1.29 is 4.79 Å². The zero-order valence-electron chi connectivity index (χ0n) is 11.7. The molecule has 0 spiro atoms. The van der Waals surface area contributed by atoms with Crippen LogP contribution in [0.25, 0.3) is 0 Å². The second-order valence-corrected chi connectivity index (χ2v) is 6.25. The zero-order valence-corrected chi connectivity index (χ0v) is 12.5. The number of thiazole rings is 1. The summed E-state index contributed by atoms with van der Waals surface area (Å²) >= 11 is 1.69. The molecule has 0 radical (unpaired) electrons. The number of amides is 1. The molecule has 0 saturated heterocycles. The van der Waals surface area contributed by atoms with Crippen molar-refractivity contribution in [2.75, 3.05) is 6.54 Å². The second-order valence-electron chi connectivity index (χ2n) is 5.31. The lowest BCUT2D eigenvalue weighted by Gasteiger charge is -2.20. The van der Waals surface area contributed by atoms with E-state index in [4.69, 9.17) is 0 Å². The molecule has 0 saturated carbocycles. The summed E-state index contributed by atoms with van der Waals surface area (Å²) in [5.74, 6) is 0.0857. The van der Waals surface area contributed by atoms with Gasteiger partial charge in [-0.1, -0.05) is 6.92 Å². The predicted molar refractivity (Wildman–Crippen MR) is 75.7 cm³/mol. The minimum atomic E-state index is -0.151. The van der Waals surface area contributed by atoms with Crippen molar-refractivity contribution in [2.24, 2.45) is 0 Å². The highest BCUT2D eigenvalue weighted by Crippen LogP contribution is 2.09. The van der Waals surface area contributed by atoms with Crippen LogP contribution in [0.15, 0.2) is 5.38 Å². The Labute approximate surface area is 113 Å². The maximum Gasteiger partial charge on any atom is 0.221 e. The van der Waals surface area contributed by atoms with Crippen LogP contribution >= 0.6 is 11.3 Å². The third kappa shape index (κ3) is 6.12. The van der Waals surface area contributed by atoms with E-state index >= 15 is 0 Å². The van der Waals surface area contributed by atoms with Gasteiger partial charge in [-0.05, 0) is 27.2 Å². The van der Waals surface area contributed by atoms with Gasteiger partial charge in [0.25, 0.3) is 0 Å². The van der Waals surface area contributed by atoms with Crippen molar-refractivity contribution in [3.8, 4) is 0 Å². The molecular weight excluding hydrogens is 246 g/mol. The van der Waals surface area contributed by atoms with Gasteiger partial charge in [0, 0.05) is 30.4 Å². The molecule has 0 aliphatic carbocycles. The average molecular weight is 269 g/mol. The van der Waals surface area contributed by atoms with Gasteiger partial charge >= 0.3 is 0 Å². The topological polar surface area (TPSA) is 54.0 Å². The Hall–Kier alpha value is -0.940. The quantitative estimate of drug-likeness (QED) is 0.778. The minimum Gasteiger partial charge on any atom is -0.351 e. The second kappa shape index (κ2) is 6.85. The Kier molecular flexibility index (Phi) is 5.75. The summed E-state index contributed by atoms with van der Waals surface area (Å²) in [5, 5.41) is 9.41.